The molecule has 0 spiro atoms. The number of carbonyl (C=O) groups excluding carboxylic acids is 1. The summed E-state index contributed by atoms with van der Waals surface area (Å²) in [4.78, 5) is 13.6. The van der Waals surface area contributed by atoms with Crippen molar-refractivity contribution in [3.05, 3.63) is 0 Å². The molecule has 1 saturated carbocycles. The molecule has 0 aromatic heterocycles. The van der Waals surface area contributed by atoms with E-state index in [0.29, 0.717) is 26.3 Å². The summed E-state index contributed by atoms with van der Waals surface area (Å²) in [5.74, 6) is -0.120. The molecule has 1 saturated heterocycles. The Hall–Kier alpha value is -0.660. The highest BCUT2D eigenvalue weighted by atomic mass is 32.2. The van der Waals surface area contributed by atoms with Gasteiger partial charge in [0.25, 0.3) is 0 Å². The molecule has 6 nitrogen and oxygen atoms in total. The van der Waals surface area contributed by atoms with Crippen LogP contribution in [-0.2, 0) is 19.6 Å². The smallest absolute Gasteiger partial charge is 0.238 e. The van der Waals surface area contributed by atoms with Crippen molar-refractivity contribution in [2.45, 2.75) is 18.9 Å². The molecule has 0 unspecified atom stereocenters. The third-order valence-corrected chi connectivity index (χ3v) is 4.31. The maximum atomic E-state index is 12.0. The van der Waals surface area contributed by atoms with Gasteiger partial charge in [-0.2, -0.15) is 4.31 Å². The van der Waals surface area contributed by atoms with E-state index in [9.17, 15) is 13.2 Å². The van der Waals surface area contributed by atoms with E-state index in [1.165, 1.54) is 4.31 Å². The average Bonchev–Trinajstić information content (AvgIpc) is 3.09. The van der Waals surface area contributed by atoms with E-state index in [4.69, 9.17) is 4.74 Å². The lowest BCUT2D eigenvalue weighted by atomic mass is 10.4. The second-order valence-corrected chi connectivity index (χ2v) is 6.47. The lowest BCUT2D eigenvalue weighted by molar-refractivity contribution is -0.135. The maximum absolute atomic E-state index is 12.0. The Morgan fingerprint density at radius 2 is 1.94 bits per heavy atom. The molecule has 2 aliphatic rings. The summed E-state index contributed by atoms with van der Waals surface area (Å²) in [5, 5.41) is 0. The molecule has 17 heavy (non-hydrogen) atoms. The van der Waals surface area contributed by atoms with Gasteiger partial charge in [-0.3, -0.25) is 4.79 Å². The van der Waals surface area contributed by atoms with E-state index in [-0.39, 0.29) is 18.5 Å². The largest absolute Gasteiger partial charge is 0.378 e. The van der Waals surface area contributed by atoms with Crippen molar-refractivity contribution in [3.8, 4) is 0 Å². The summed E-state index contributed by atoms with van der Waals surface area (Å²) in [6, 6.07) is 0.0370. The Kier molecular flexibility index (Phi) is 3.70. The van der Waals surface area contributed by atoms with Gasteiger partial charge in [-0.05, 0) is 12.8 Å². The number of amides is 1. The number of sulfonamides is 1. The lowest BCUT2D eigenvalue weighted by Gasteiger charge is -2.29. The minimum atomic E-state index is -3.28. The standard InChI is InChI=1S/C10H18N2O4S/c1-17(14,15)12(9-2-3-9)8-10(13)11-4-6-16-7-5-11/h9H,2-8H2,1H3. The molecule has 2 rings (SSSR count). The number of ether oxygens (including phenoxy) is 1. The Morgan fingerprint density at radius 1 is 1.35 bits per heavy atom. The number of rotatable bonds is 4. The van der Waals surface area contributed by atoms with Gasteiger partial charge in [-0.1, -0.05) is 0 Å². The molecular formula is C10H18N2O4S. The number of hydrogen-bond acceptors (Lipinski definition) is 4. The number of morpholine rings is 1. The Morgan fingerprint density at radius 3 is 2.41 bits per heavy atom. The van der Waals surface area contributed by atoms with Crippen molar-refractivity contribution >= 4 is 15.9 Å². The molecule has 0 radical (unpaired) electrons. The monoisotopic (exact) mass is 262 g/mol. The van der Waals surface area contributed by atoms with E-state index in [2.05, 4.69) is 0 Å². The first-order chi connectivity index (χ1) is 7.98. The van der Waals surface area contributed by atoms with Gasteiger partial charge in [0.15, 0.2) is 0 Å². The zero-order chi connectivity index (χ0) is 12.5. The third kappa shape index (κ3) is 3.40. The zero-order valence-electron chi connectivity index (χ0n) is 9.96. The first-order valence-corrected chi connectivity index (χ1v) is 7.65. The lowest BCUT2D eigenvalue weighted by Crippen LogP contribution is -2.47. The average molecular weight is 262 g/mol. The summed E-state index contributed by atoms with van der Waals surface area (Å²) in [6.45, 7) is 2.16. The van der Waals surface area contributed by atoms with Crippen LogP contribution in [0.15, 0.2) is 0 Å². The minimum absolute atomic E-state index is 0.0243. The summed E-state index contributed by atoms with van der Waals surface area (Å²) in [6.07, 6.45) is 2.89. The van der Waals surface area contributed by atoms with Gasteiger partial charge in [0.2, 0.25) is 15.9 Å². The van der Waals surface area contributed by atoms with Gasteiger partial charge in [-0.25, -0.2) is 8.42 Å². The van der Waals surface area contributed by atoms with E-state index in [1.807, 2.05) is 0 Å². The first kappa shape index (κ1) is 12.8. The van der Waals surface area contributed by atoms with E-state index in [1.54, 1.807) is 4.90 Å². The van der Waals surface area contributed by atoms with Crippen molar-refractivity contribution in [1.29, 1.82) is 0 Å². The predicted molar refractivity (Wildman–Crippen MR) is 62.0 cm³/mol. The van der Waals surface area contributed by atoms with Crippen LogP contribution in [0.25, 0.3) is 0 Å². The zero-order valence-corrected chi connectivity index (χ0v) is 10.8. The van der Waals surface area contributed by atoms with Crippen LogP contribution in [0.2, 0.25) is 0 Å². The molecule has 0 atom stereocenters. The highest BCUT2D eigenvalue weighted by Crippen LogP contribution is 2.28. The highest BCUT2D eigenvalue weighted by molar-refractivity contribution is 7.88. The number of nitrogens with zero attached hydrogens (tertiary/aromatic N) is 2. The van der Waals surface area contributed by atoms with Crippen molar-refractivity contribution in [3.63, 3.8) is 0 Å². The van der Waals surface area contributed by atoms with Crippen molar-refractivity contribution in [1.82, 2.24) is 9.21 Å². The van der Waals surface area contributed by atoms with Gasteiger partial charge in [0.1, 0.15) is 0 Å². The quantitative estimate of drug-likeness (QED) is 0.670. The predicted octanol–water partition coefficient (Wildman–Crippen LogP) is -0.731. The van der Waals surface area contributed by atoms with Gasteiger partial charge in [0.05, 0.1) is 26.0 Å². The molecule has 98 valence electrons. The Labute approximate surface area is 102 Å². The molecule has 0 N–H and O–H groups in total. The van der Waals surface area contributed by atoms with Crippen molar-refractivity contribution in [2.75, 3.05) is 39.1 Å². The van der Waals surface area contributed by atoms with Crippen LogP contribution in [0.1, 0.15) is 12.8 Å². The van der Waals surface area contributed by atoms with E-state index in [0.717, 1.165) is 19.1 Å². The molecule has 0 aromatic rings. The highest BCUT2D eigenvalue weighted by Gasteiger charge is 2.37. The van der Waals surface area contributed by atoms with Crippen LogP contribution in [0.5, 0.6) is 0 Å². The molecule has 1 aliphatic heterocycles. The van der Waals surface area contributed by atoms with Crippen LogP contribution in [0.4, 0.5) is 0 Å². The molecule has 0 bridgehead atoms. The molecule has 1 amide bonds. The van der Waals surface area contributed by atoms with Crippen molar-refractivity contribution < 1.29 is 17.9 Å². The first-order valence-electron chi connectivity index (χ1n) is 5.81. The van der Waals surface area contributed by atoms with Gasteiger partial charge >= 0.3 is 0 Å². The van der Waals surface area contributed by atoms with E-state index >= 15 is 0 Å². The molecule has 1 aliphatic carbocycles. The Balaban J connectivity index is 1.95. The SMILES string of the molecule is CS(=O)(=O)N(CC(=O)N1CCOCC1)C1CC1. The van der Waals surface area contributed by atoms with Crippen LogP contribution < -0.4 is 0 Å². The minimum Gasteiger partial charge on any atom is -0.378 e. The van der Waals surface area contributed by atoms with Crippen LogP contribution >= 0.6 is 0 Å². The summed E-state index contributed by atoms with van der Waals surface area (Å²) < 4.78 is 29.6. The third-order valence-electron chi connectivity index (χ3n) is 3.04. The van der Waals surface area contributed by atoms with Gasteiger partial charge in [0, 0.05) is 19.1 Å². The van der Waals surface area contributed by atoms with Gasteiger partial charge in [-0.15, -0.1) is 0 Å². The number of hydrogen-bond donors (Lipinski definition) is 0. The fourth-order valence-electron chi connectivity index (χ4n) is 1.93. The second-order valence-electron chi connectivity index (χ2n) is 4.53. The van der Waals surface area contributed by atoms with Crippen molar-refractivity contribution in [2.24, 2.45) is 0 Å². The maximum Gasteiger partial charge on any atom is 0.238 e. The topological polar surface area (TPSA) is 66.9 Å². The molecule has 2 fully saturated rings. The fraction of sp³-hybridized carbons (Fsp3) is 0.900. The van der Waals surface area contributed by atoms with Crippen LogP contribution in [-0.4, -0.2) is 68.7 Å². The van der Waals surface area contributed by atoms with Crippen LogP contribution in [0.3, 0.4) is 0 Å². The van der Waals surface area contributed by atoms with Gasteiger partial charge < -0.3 is 9.64 Å². The summed E-state index contributed by atoms with van der Waals surface area (Å²) in [7, 11) is -3.28. The summed E-state index contributed by atoms with van der Waals surface area (Å²) >= 11 is 0. The fourth-order valence-corrected chi connectivity index (χ4v) is 3.02. The normalized spacial score (nSPS) is 21.9. The molecular weight excluding hydrogens is 244 g/mol. The van der Waals surface area contributed by atoms with E-state index < -0.39 is 10.0 Å². The second kappa shape index (κ2) is 4.91. The van der Waals surface area contributed by atoms with Crippen LogP contribution in [0, 0.1) is 0 Å². The molecule has 0 aromatic carbocycles. The molecule has 7 heteroatoms. The number of carbonyl (C=O) groups is 1. The summed E-state index contributed by atoms with van der Waals surface area (Å²) in [5.41, 5.74) is 0. The molecule has 1 heterocycles. The Bertz CT molecular complexity index is 385.